The van der Waals surface area contributed by atoms with Gasteiger partial charge in [-0.05, 0) is 36.1 Å². The van der Waals surface area contributed by atoms with Crippen molar-refractivity contribution in [1.29, 1.82) is 0 Å². The number of nitrogens with zero attached hydrogens (tertiary/aromatic N) is 1. The van der Waals surface area contributed by atoms with Gasteiger partial charge in [0.25, 0.3) is 0 Å². The summed E-state index contributed by atoms with van der Waals surface area (Å²) < 4.78 is 0. The lowest BCUT2D eigenvalue weighted by atomic mass is 10.1. The van der Waals surface area contributed by atoms with Crippen LogP contribution < -0.4 is 11.1 Å². The third-order valence-corrected chi connectivity index (χ3v) is 4.20. The highest BCUT2D eigenvalue weighted by Crippen LogP contribution is 2.25. The van der Waals surface area contributed by atoms with Crippen molar-refractivity contribution in [2.75, 3.05) is 0 Å². The Kier molecular flexibility index (Phi) is 5.29. The number of halogens is 2. The van der Waals surface area contributed by atoms with Crippen molar-refractivity contribution in [2.45, 2.75) is 19.5 Å². The van der Waals surface area contributed by atoms with Gasteiger partial charge in [-0.2, -0.15) is 0 Å². The Hall–Kier alpha value is -1.23. The van der Waals surface area contributed by atoms with Gasteiger partial charge >= 0.3 is 0 Å². The number of benzene rings is 1. The van der Waals surface area contributed by atoms with E-state index in [0.717, 1.165) is 5.56 Å². The third-order valence-electron chi connectivity index (χ3n) is 2.78. The Morgan fingerprint density at radius 1 is 1.40 bits per heavy atom. The molecule has 0 bridgehead atoms. The van der Waals surface area contributed by atoms with Gasteiger partial charge in [-0.3, -0.25) is 0 Å². The van der Waals surface area contributed by atoms with E-state index < -0.39 is 0 Å². The van der Waals surface area contributed by atoms with Gasteiger partial charge < -0.3 is 11.1 Å². The fraction of sp³-hybridized carbons (Fsp3) is 0.214. The predicted octanol–water partition coefficient (Wildman–Crippen LogP) is 4.22. The molecule has 1 aromatic carbocycles. The molecule has 20 heavy (non-hydrogen) atoms. The van der Waals surface area contributed by atoms with Crippen LogP contribution in [0.1, 0.15) is 23.4 Å². The maximum Gasteiger partial charge on any atom is 0.189 e. The van der Waals surface area contributed by atoms with Gasteiger partial charge in [0.1, 0.15) is 0 Å². The summed E-state index contributed by atoms with van der Waals surface area (Å²) in [6.07, 6.45) is 0. The molecule has 2 aromatic rings. The zero-order valence-corrected chi connectivity index (χ0v) is 13.3. The first kappa shape index (κ1) is 15.2. The summed E-state index contributed by atoms with van der Waals surface area (Å²) in [5.74, 6) is 0.400. The first-order valence-corrected chi connectivity index (χ1v) is 7.73. The van der Waals surface area contributed by atoms with Gasteiger partial charge in [0, 0.05) is 14.9 Å². The highest BCUT2D eigenvalue weighted by atomic mass is 35.5. The third kappa shape index (κ3) is 4.13. The zero-order chi connectivity index (χ0) is 14.5. The number of rotatable bonds is 4. The average molecular weight is 328 g/mol. The molecule has 106 valence electrons. The standard InChI is InChI=1S/C14H15Cl2N3S/c1-9(12-5-4-10(15)7-13(12)16)19-14(17)18-8-11-3-2-6-20-11/h2-7,9H,8H2,1H3,(H3,17,18,19). The fourth-order valence-corrected chi connectivity index (χ4v) is 2.96. The molecule has 0 aliphatic carbocycles. The molecule has 0 radical (unpaired) electrons. The summed E-state index contributed by atoms with van der Waals surface area (Å²) in [4.78, 5) is 5.48. The predicted molar refractivity (Wildman–Crippen MR) is 87.7 cm³/mol. The minimum Gasteiger partial charge on any atom is -0.370 e. The van der Waals surface area contributed by atoms with Crippen molar-refractivity contribution in [3.05, 3.63) is 56.2 Å². The molecule has 1 aromatic heterocycles. The largest absolute Gasteiger partial charge is 0.370 e. The maximum atomic E-state index is 6.16. The van der Waals surface area contributed by atoms with Crippen LogP contribution in [0.3, 0.4) is 0 Å². The quantitative estimate of drug-likeness (QED) is 0.652. The van der Waals surface area contributed by atoms with Gasteiger partial charge in [0.15, 0.2) is 5.96 Å². The fourth-order valence-electron chi connectivity index (χ4n) is 1.76. The van der Waals surface area contributed by atoms with Gasteiger partial charge in [-0.1, -0.05) is 35.3 Å². The molecular weight excluding hydrogens is 313 g/mol. The van der Waals surface area contributed by atoms with Crippen molar-refractivity contribution in [3.8, 4) is 0 Å². The van der Waals surface area contributed by atoms with E-state index in [2.05, 4.69) is 10.3 Å². The Bertz CT molecular complexity index is 596. The lowest BCUT2D eigenvalue weighted by molar-refractivity contribution is 0.708. The van der Waals surface area contributed by atoms with Crippen LogP contribution in [0, 0.1) is 0 Å². The van der Waals surface area contributed by atoms with Crippen molar-refractivity contribution in [2.24, 2.45) is 10.7 Å². The number of aliphatic imine (C=N–C) groups is 1. The Morgan fingerprint density at radius 2 is 2.20 bits per heavy atom. The molecule has 1 heterocycles. The molecule has 0 fully saturated rings. The number of guanidine groups is 1. The SMILES string of the molecule is CC(NC(N)=NCc1cccs1)c1ccc(Cl)cc1Cl. The van der Waals surface area contributed by atoms with Crippen LogP contribution in [-0.2, 0) is 6.54 Å². The molecule has 0 saturated heterocycles. The highest BCUT2D eigenvalue weighted by Gasteiger charge is 2.10. The summed E-state index contributed by atoms with van der Waals surface area (Å²) in [6, 6.07) is 9.40. The van der Waals surface area contributed by atoms with E-state index in [0.29, 0.717) is 22.5 Å². The van der Waals surface area contributed by atoms with Crippen molar-refractivity contribution in [1.82, 2.24) is 5.32 Å². The second-order valence-corrected chi connectivity index (χ2v) is 6.19. The van der Waals surface area contributed by atoms with Crippen molar-refractivity contribution >= 4 is 40.5 Å². The molecular formula is C14H15Cl2N3S. The molecule has 0 amide bonds. The van der Waals surface area contributed by atoms with Gasteiger partial charge in [-0.15, -0.1) is 11.3 Å². The number of hydrogen-bond donors (Lipinski definition) is 2. The van der Waals surface area contributed by atoms with E-state index in [1.807, 2.05) is 30.5 Å². The van der Waals surface area contributed by atoms with E-state index in [-0.39, 0.29) is 6.04 Å². The molecule has 0 saturated carbocycles. The average Bonchev–Trinajstić information content (AvgIpc) is 2.89. The number of hydrogen-bond acceptors (Lipinski definition) is 2. The van der Waals surface area contributed by atoms with Crippen LogP contribution in [-0.4, -0.2) is 5.96 Å². The molecule has 0 aliphatic rings. The molecule has 3 N–H and O–H groups in total. The van der Waals surface area contributed by atoms with Gasteiger partial charge in [-0.25, -0.2) is 4.99 Å². The normalized spacial score (nSPS) is 13.2. The second-order valence-electron chi connectivity index (χ2n) is 4.31. The topological polar surface area (TPSA) is 50.4 Å². The van der Waals surface area contributed by atoms with E-state index >= 15 is 0 Å². The van der Waals surface area contributed by atoms with Crippen LogP contribution in [0.2, 0.25) is 10.0 Å². The van der Waals surface area contributed by atoms with Crippen LogP contribution in [0.5, 0.6) is 0 Å². The summed E-state index contributed by atoms with van der Waals surface area (Å²) >= 11 is 13.7. The minimum atomic E-state index is -0.0353. The molecule has 6 heteroatoms. The summed E-state index contributed by atoms with van der Waals surface area (Å²) in [7, 11) is 0. The van der Waals surface area contributed by atoms with E-state index in [1.54, 1.807) is 23.5 Å². The van der Waals surface area contributed by atoms with Crippen LogP contribution >= 0.6 is 34.5 Å². The zero-order valence-electron chi connectivity index (χ0n) is 10.9. The monoisotopic (exact) mass is 327 g/mol. The molecule has 0 spiro atoms. The smallest absolute Gasteiger partial charge is 0.189 e. The molecule has 2 rings (SSSR count). The van der Waals surface area contributed by atoms with E-state index in [9.17, 15) is 0 Å². The first-order valence-electron chi connectivity index (χ1n) is 6.10. The lowest BCUT2D eigenvalue weighted by Gasteiger charge is -2.16. The van der Waals surface area contributed by atoms with Crippen LogP contribution in [0.4, 0.5) is 0 Å². The summed E-state index contributed by atoms with van der Waals surface area (Å²) in [5.41, 5.74) is 6.82. The maximum absolute atomic E-state index is 6.16. The van der Waals surface area contributed by atoms with Crippen molar-refractivity contribution < 1.29 is 0 Å². The lowest BCUT2D eigenvalue weighted by Crippen LogP contribution is -2.33. The Morgan fingerprint density at radius 3 is 2.85 bits per heavy atom. The van der Waals surface area contributed by atoms with Crippen LogP contribution in [0.15, 0.2) is 40.7 Å². The second kappa shape index (κ2) is 6.97. The number of thiophene rings is 1. The number of nitrogens with one attached hydrogen (secondary N) is 1. The number of nitrogens with two attached hydrogens (primary N) is 1. The van der Waals surface area contributed by atoms with Crippen molar-refractivity contribution in [3.63, 3.8) is 0 Å². The highest BCUT2D eigenvalue weighted by molar-refractivity contribution is 7.09. The first-order chi connectivity index (χ1) is 9.56. The Labute approximate surface area is 132 Å². The van der Waals surface area contributed by atoms with Gasteiger partial charge in [0.05, 0.1) is 12.6 Å². The summed E-state index contributed by atoms with van der Waals surface area (Å²) in [5, 5.41) is 6.37. The molecule has 3 nitrogen and oxygen atoms in total. The summed E-state index contributed by atoms with van der Waals surface area (Å²) in [6.45, 7) is 2.56. The van der Waals surface area contributed by atoms with Gasteiger partial charge in [0.2, 0.25) is 0 Å². The van der Waals surface area contributed by atoms with Crippen LogP contribution in [0.25, 0.3) is 0 Å². The van der Waals surface area contributed by atoms with E-state index in [4.69, 9.17) is 28.9 Å². The molecule has 0 aliphatic heterocycles. The molecule has 1 unspecified atom stereocenters. The molecule has 1 atom stereocenters. The Balaban J connectivity index is 1.99. The minimum absolute atomic E-state index is 0.0353. The van der Waals surface area contributed by atoms with E-state index in [1.165, 1.54) is 4.88 Å².